The van der Waals surface area contributed by atoms with Crippen LogP contribution in [0.25, 0.3) is 55.5 Å². The van der Waals surface area contributed by atoms with Crippen molar-refractivity contribution in [1.29, 1.82) is 0 Å². The molecule has 3 heterocycles. The van der Waals surface area contributed by atoms with Crippen LogP contribution in [0.2, 0.25) is 0 Å². The molecular weight excluding hydrogens is 710 g/mol. The molecule has 4 aromatic carbocycles. The Morgan fingerprint density at radius 1 is 0.604 bits per heavy atom. The fourth-order valence-electron chi connectivity index (χ4n) is 7.55. The van der Waals surface area contributed by atoms with Gasteiger partial charge in [0.15, 0.2) is 0 Å². The van der Waals surface area contributed by atoms with Crippen LogP contribution in [0.3, 0.4) is 0 Å². The summed E-state index contributed by atoms with van der Waals surface area (Å²) in [6, 6.07) is 20.1. The number of amides is 4. The third-order valence-corrected chi connectivity index (χ3v) is 11.0. The zero-order valence-electron chi connectivity index (χ0n) is 27.0. The molecule has 6 aromatic rings. The number of barbiturate groups is 1. The lowest BCUT2D eigenvalue weighted by molar-refractivity contribution is -0.134. The minimum Gasteiger partial charge on any atom is -0.344 e. The molecule has 0 unspecified atom stereocenters. The number of carbonyl (C=O) groups is 3. The van der Waals surface area contributed by atoms with E-state index in [9.17, 15) is 14.4 Å². The first-order valence-electron chi connectivity index (χ1n) is 15.8. The van der Waals surface area contributed by atoms with Gasteiger partial charge in [-0.15, -0.1) is 0 Å². The second-order valence-electron chi connectivity index (χ2n) is 12.6. The first-order valence-corrected chi connectivity index (χ1v) is 16.8. The number of likely N-dealkylation sites (N-methyl/N-ethyl adjacent to an activating group) is 2. The van der Waals surface area contributed by atoms with E-state index in [0.717, 1.165) is 69.7 Å². The van der Waals surface area contributed by atoms with Gasteiger partial charge in [0.25, 0.3) is 11.8 Å². The smallest absolute Gasteiger partial charge is 0.333 e. The number of nitrogens with zero attached hydrogens (tertiary/aromatic N) is 4. The molecule has 0 atom stereocenters. The number of hydrogen-bond donors (Lipinski definition) is 0. The molecule has 0 N–H and O–H groups in total. The van der Waals surface area contributed by atoms with Crippen LogP contribution in [0, 0.1) is 3.57 Å². The van der Waals surface area contributed by atoms with Gasteiger partial charge >= 0.3 is 6.03 Å². The van der Waals surface area contributed by atoms with E-state index < -0.39 is 17.8 Å². The lowest BCUT2D eigenvalue weighted by Gasteiger charge is -2.30. The molecule has 2 radical (unpaired) electrons. The Labute approximate surface area is 291 Å². The predicted molar refractivity (Wildman–Crippen MR) is 202 cm³/mol. The third kappa shape index (κ3) is 4.29. The number of aryl methyl sites for hydroxylation is 2. The van der Waals surface area contributed by atoms with Crippen molar-refractivity contribution in [2.45, 2.75) is 12.8 Å². The fourth-order valence-corrected chi connectivity index (χ4v) is 8.18. The number of rotatable bonds is 2. The number of allylic oxidation sites excluding steroid dienone is 5. The van der Waals surface area contributed by atoms with Crippen LogP contribution in [-0.4, -0.2) is 58.7 Å². The standard InChI is InChI=1S/C39H30BIN4O3/c1-42-29(25-9-5-7-23-27(40)15-19-31(42)34(23)25)17-13-21-11-12-22(33(21)36-37(46)44(3)39(48)45(4)38(36)47)14-18-30-26-10-6-8-24-28(41)16-20-32(35(24)26)43(30)2/h5-10,13-20H,11-12H2,1-4H3/b21-13+,22-14+,29-17+,30-18+. The van der Waals surface area contributed by atoms with Gasteiger partial charge in [0.05, 0.1) is 0 Å². The highest BCUT2D eigenvalue weighted by Crippen LogP contribution is 2.40. The van der Waals surface area contributed by atoms with Crippen molar-refractivity contribution in [3.8, 4) is 0 Å². The molecule has 4 amide bonds. The summed E-state index contributed by atoms with van der Waals surface area (Å²) in [5.74, 6) is -1.18. The summed E-state index contributed by atoms with van der Waals surface area (Å²) >= 11 is 2.38. The molecule has 1 saturated carbocycles. The summed E-state index contributed by atoms with van der Waals surface area (Å²) in [6.45, 7) is 0. The number of benzene rings is 4. The first-order chi connectivity index (χ1) is 23.1. The van der Waals surface area contributed by atoms with E-state index in [4.69, 9.17) is 7.85 Å². The Kier molecular flexibility index (Phi) is 7.03. The molecule has 7 nitrogen and oxygen atoms in total. The van der Waals surface area contributed by atoms with Crippen molar-refractivity contribution in [3.63, 3.8) is 0 Å². The SMILES string of the molecule is [B]c1ccc2c3c1cccc3/c(=C\C=C1/CC/C(=C\C=c3/c4cccc5c(I)ccc(c54)n3C)C1=C1C(=O)N(C)C(=O)N(C)C1=O)n2C. The maximum absolute atomic E-state index is 13.7. The molecule has 2 aliphatic rings. The van der Waals surface area contributed by atoms with Crippen molar-refractivity contribution < 1.29 is 14.4 Å². The Morgan fingerprint density at radius 3 is 1.65 bits per heavy atom. The Bertz CT molecular complexity index is 2480. The van der Waals surface area contributed by atoms with Crippen molar-refractivity contribution in [2.24, 2.45) is 14.1 Å². The van der Waals surface area contributed by atoms with Crippen molar-refractivity contribution in [1.82, 2.24) is 18.9 Å². The third-order valence-electron chi connectivity index (χ3n) is 10.1. The molecule has 1 aliphatic carbocycles. The average molecular weight is 740 g/mol. The normalized spacial score (nSPS) is 18.7. The Balaban J connectivity index is 1.36. The molecule has 234 valence electrons. The lowest BCUT2D eigenvalue weighted by Crippen LogP contribution is -2.53. The van der Waals surface area contributed by atoms with Gasteiger partial charge in [-0.25, -0.2) is 4.79 Å². The van der Waals surface area contributed by atoms with Gasteiger partial charge in [0.1, 0.15) is 13.4 Å². The Morgan fingerprint density at radius 2 is 1.08 bits per heavy atom. The summed E-state index contributed by atoms with van der Waals surface area (Å²) in [5.41, 5.74) is 5.30. The maximum Gasteiger partial charge on any atom is 0.333 e. The molecule has 9 heteroatoms. The van der Waals surface area contributed by atoms with Gasteiger partial charge < -0.3 is 9.13 Å². The number of urea groups is 1. The highest BCUT2D eigenvalue weighted by Gasteiger charge is 2.41. The van der Waals surface area contributed by atoms with Crippen LogP contribution in [0.15, 0.2) is 95.1 Å². The number of carbonyl (C=O) groups excluding carboxylic acids is 3. The number of aromatic nitrogens is 2. The fraction of sp³-hybridized carbons (Fsp3) is 0.154. The van der Waals surface area contributed by atoms with Crippen LogP contribution in [-0.2, 0) is 23.7 Å². The van der Waals surface area contributed by atoms with Gasteiger partial charge in [-0.1, -0.05) is 60.1 Å². The van der Waals surface area contributed by atoms with Crippen LogP contribution < -0.4 is 16.2 Å². The van der Waals surface area contributed by atoms with E-state index in [2.05, 4.69) is 87.3 Å². The summed E-state index contributed by atoms with van der Waals surface area (Å²) in [6.07, 6.45) is 9.48. The molecule has 2 fully saturated rings. The minimum atomic E-state index is -0.640. The number of hydrogen-bond acceptors (Lipinski definition) is 3. The van der Waals surface area contributed by atoms with Gasteiger partial charge in [0, 0.05) is 75.0 Å². The second-order valence-corrected chi connectivity index (χ2v) is 13.7. The number of imide groups is 2. The molecule has 0 bridgehead atoms. The molecule has 8 rings (SSSR count). The summed E-state index contributed by atoms with van der Waals surface area (Å²) in [4.78, 5) is 42.1. The highest BCUT2D eigenvalue weighted by molar-refractivity contribution is 14.1. The van der Waals surface area contributed by atoms with Crippen LogP contribution in [0.5, 0.6) is 0 Å². The lowest BCUT2D eigenvalue weighted by atomic mass is 9.89. The van der Waals surface area contributed by atoms with Crippen LogP contribution in [0.4, 0.5) is 4.79 Å². The van der Waals surface area contributed by atoms with E-state index in [1.165, 1.54) is 28.4 Å². The second kappa shape index (κ2) is 11.1. The summed E-state index contributed by atoms with van der Waals surface area (Å²) in [7, 11) is 13.3. The summed E-state index contributed by atoms with van der Waals surface area (Å²) < 4.78 is 5.52. The van der Waals surface area contributed by atoms with Gasteiger partial charge in [-0.3, -0.25) is 19.4 Å². The van der Waals surface area contributed by atoms with E-state index in [1.54, 1.807) is 0 Å². The van der Waals surface area contributed by atoms with Gasteiger partial charge in [-0.2, -0.15) is 0 Å². The maximum atomic E-state index is 13.7. The topological polar surface area (TPSA) is 67.6 Å². The monoisotopic (exact) mass is 740 g/mol. The molecule has 0 spiro atoms. The van der Waals surface area contributed by atoms with E-state index in [1.807, 2.05) is 43.5 Å². The highest BCUT2D eigenvalue weighted by atomic mass is 127. The quantitative estimate of drug-likeness (QED) is 0.108. The molecule has 1 saturated heterocycles. The van der Waals surface area contributed by atoms with Gasteiger partial charge in [-0.05, 0) is 93.3 Å². The van der Waals surface area contributed by atoms with Crippen molar-refractivity contribution in [3.05, 3.63) is 109 Å². The zero-order valence-corrected chi connectivity index (χ0v) is 29.1. The summed E-state index contributed by atoms with van der Waals surface area (Å²) in [5, 5.41) is 8.79. The predicted octanol–water partition coefficient (Wildman–Crippen LogP) is 5.07. The average Bonchev–Trinajstić information content (AvgIpc) is 3.70. The van der Waals surface area contributed by atoms with Crippen LogP contribution >= 0.6 is 22.6 Å². The first kappa shape index (κ1) is 30.4. The molecule has 48 heavy (non-hydrogen) atoms. The van der Waals surface area contributed by atoms with Gasteiger partial charge in [0.2, 0.25) is 0 Å². The van der Waals surface area contributed by atoms with Crippen molar-refractivity contribution in [2.75, 3.05) is 14.1 Å². The molecular formula is C39H30BIN4O3. The van der Waals surface area contributed by atoms with Crippen molar-refractivity contribution >= 4 is 109 Å². The zero-order chi connectivity index (χ0) is 33.6. The minimum absolute atomic E-state index is 0.0176. The largest absolute Gasteiger partial charge is 0.344 e. The van der Waals surface area contributed by atoms with E-state index >= 15 is 0 Å². The number of halogens is 1. The van der Waals surface area contributed by atoms with Crippen LogP contribution in [0.1, 0.15) is 12.8 Å². The molecule has 2 aromatic heterocycles. The Hall–Kier alpha value is -4.90. The van der Waals surface area contributed by atoms with E-state index in [0.29, 0.717) is 18.4 Å². The molecule has 1 aliphatic heterocycles. The van der Waals surface area contributed by atoms with E-state index in [-0.39, 0.29) is 5.57 Å².